The smallest absolute Gasteiger partial charge is 0.274 e. The normalized spacial score (nSPS) is 13.7. The minimum Gasteiger partial charge on any atom is -0.447 e. The lowest BCUT2D eigenvalue weighted by Crippen LogP contribution is -2.26. The van der Waals surface area contributed by atoms with Crippen LogP contribution in [0.25, 0.3) is 0 Å². The Hall–Kier alpha value is -1.22. The zero-order chi connectivity index (χ0) is 13.2. The number of nitrogens with one attached hydrogen (secondary N) is 1. The summed E-state index contributed by atoms with van der Waals surface area (Å²) < 4.78 is 31.6. The second-order valence-electron chi connectivity index (χ2n) is 3.64. The molecule has 18 heavy (non-hydrogen) atoms. The Morgan fingerprint density at radius 3 is 2.89 bits per heavy atom. The molecule has 0 spiro atoms. The van der Waals surface area contributed by atoms with Crippen LogP contribution in [0.2, 0.25) is 0 Å². The molecule has 3 N–H and O–H groups in total. The molecule has 98 valence electrons. The molecule has 0 radical (unpaired) electrons. The van der Waals surface area contributed by atoms with Crippen molar-refractivity contribution in [3.8, 4) is 0 Å². The molecule has 2 rings (SSSR count). The SMILES string of the molecule is CC(NS(=O)(=O)c1ccc(CN)o1)c1nccs1. The summed E-state index contributed by atoms with van der Waals surface area (Å²) in [6.07, 6.45) is 1.63. The maximum atomic E-state index is 12.0. The molecule has 8 heteroatoms. The van der Waals surface area contributed by atoms with Gasteiger partial charge in [0.05, 0.1) is 12.6 Å². The van der Waals surface area contributed by atoms with Crippen molar-refractivity contribution in [1.29, 1.82) is 0 Å². The van der Waals surface area contributed by atoms with Crippen LogP contribution in [0.4, 0.5) is 0 Å². The van der Waals surface area contributed by atoms with Gasteiger partial charge in [-0.3, -0.25) is 0 Å². The fraction of sp³-hybridized carbons (Fsp3) is 0.300. The third-order valence-electron chi connectivity index (χ3n) is 2.26. The van der Waals surface area contributed by atoms with Crippen molar-refractivity contribution >= 4 is 21.4 Å². The molecule has 0 saturated carbocycles. The molecule has 0 amide bonds. The number of nitrogens with two attached hydrogens (primary N) is 1. The number of nitrogens with zero attached hydrogens (tertiary/aromatic N) is 1. The summed E-state index contributed by atoms with van der Waals surface area (Å²) >= 11 is 1.39. The first-order chi connectivity index (χ1) is 8.53. The maximum absolute atomic E-state index is 12.0. The summed E-state index contributed by atoms with van der Waals surface area (Å²) in [6, 6.07) is 2.53. The molecule has 0 aromatic carbocycles. The highest BCUT2D eigenvalue weighted by molar-refractivity contribution is 7.89. The summed E-state index contributed by atoms with van der Waals surface area (Å²) in [5.74, 6) is 0.428. The van der Waals surface area contributed by atoms with E-state index in [4.69, 9.17) is 10.2 Å². The molecule has 2 heterocycles. The molecule has 0 fully saturated rings. The highest BCUT2D eigenvalue weighted by atomic mass is 32.2. The quantitative estimate of drug-likeness (QED) is 0.862. The van der Waals surface area contributed by atoms with Gasteiger partial charge >= 0.3 is 0 Å². The van der Waals surface area contributed by atoms with Crippen molar-refractivity contribution < 1.29 is 12.8 Å². The van der Waals surface area contributed by atoms with Crippen LogP contribution in [0, 0.1) is 0 Å². The van der Waals surface area contributed by atoms with E-state index in [1.54, 1.807) is 24.6 Å². The van der Waals surface area contributed by atoms with Gasteiger partial charge in [-0.25, -0.2) is 13.4 Å². The van der Waals surface area contributed by atoms with Crippen LogP contribution in [0.5, 0.6) is 0 Å². The minimum absolute atomic E-state index is 0.133. The molecule has 1 unspecified atom stereocenters. The van der Waals surface area contributed by atoms with Gasteiger partial charge in [0.2, 0.25) is 5.09 Å². The Balaban J connectivity index is 2.17. The third-order valence-corrected chi connectivity index (χ3v) is 4.63. The molecular formula is C10H13N3O3S2. The molecule has 0 aliphatic carbocycles. The summed E-state index contributed by atoms with van der Waals surface area (Å²) in [4.78, 5) is 4.06. The lowest BCUT2D eigenvalue weighted by molar-refractivity contribution is 0.411. The minimum atomic E-state index is -3.68. The molecule has 0 aliphatic rings. The predicted molar refractivity (Wildman–Crippen MR) is 67.4 cm³/mol. The van der Waals surface area contributed by atoms with Gasteiger partial charge in [-0.2, -0.15) is 4.72 Å². The number of furan rings is 1. The van der Waals surface area contributed by atoms with Crippen LogP contribution >= 0.6 is 11.3 Å². The Morgan fingerprint density at radius 1 is 1.56 bits per heavy atom. The van der Waals surface area contributed by atoms with E-state index in [1.807, 2.05) is 0 Å². The van der Waals surface area contributed by atoms with Crippen LogP contribution < -0.4 is 10.5 Å². The molecular weight excluding hydrogens is 274 g/mol. The molecule has 0 bridgehead atoms. The van der Waals surface area contributed by atoms with Crippen molar-refractivity contribution in [3.05, 3.63) is 34.5 Å². The van der Waals surface area contributed by atoms with Gasteiger partial charge in [0.15, 0.2) is 0 Å². The second-order valence-corrected chi connectivity index (χ2v) is 6.21. The van der Waals surface area contributed by atoms with Gasteiger partial charge in [0, 0.05) is 11.6 Å². The maximum Gasteiger partial charge on any atom is 0.274 e. The summed E-state index contributed by atoms with van der Waals surface area (Å²) in [5, 5.41) is 2.36. The monoisotopic (exact) mass is 287 g/mol. The Morgan fingerprint density at radius 2 is 2.33 bits per heavy atom. The van der Waals surface area contributed by atoms with Gasteiger partial charge in [0.25, 0.3) is 10.0 Å². The van der Waals surface area contributed by atoms with Crippen molar-refractivity contribution in [2.75, 3.05) is 0 Å². The largest absolute Gasteiger partial charge is 0.447 e. The lowest BCUT2D eigenvalue weighted by atomic mass is 10.4. The van der Waals surface area contributed by atoms with Crippen LogP contribution in [0.1, 0.15) is 23.7 Å². The fourth-order valence-electron chi connectivity index (χ4n) is 1.40. The molecule has 2 aromatic heterocycles. The molecule has 1 atom stereocenters. The number of hydrogen-bond acceptors (Lipinski definition) is 6. The Labute approximate surface area is 109 Å². The standard InChI is InChI=1S/C10H13N3O3S2/c1-7(10-12-4-5-17-10)13-18(14,15)9-3-2-8(6-11)16-9/h2-5,7,13H,6,11H2,1H3. The van der Waals surface area contributed by atoms with E-state index in [2.05, 4.69) is 9.71 Å². The van der Waals surface area contributed by atoms with E-state index in [1.165, 1.54) is 17.4 Å². The van der Waals surface area contributed by atoms with Crippen LogP contribution in [0.3, 0.4) is 0 Å². The summed E-state index contributed by atoms with van der Waals surface area (Å²) in [5.41, 5.74) is 5.37. The topological polar surface area (TPSA) is 98.2 Å². The van der Waals surface area contributed by atoms with E-state index < -0.39 is 16.1 Å². The van der Waals surface area contributed by atoms with Crippen LogP contribution in [-0.4, -0.2) is 13.4 Å². The number of aromatic nitrogens is 1. The van der Waals surface area contributed by atoms with E-state index in [0.717, 1.165) is 0 Å². The number of thiazole rings is 1. The average molecular weight is 287 g/mol. The van der Waals surface area contributed by atoms with Crippen LogP contribution in [-0.2, 0) is 16.6 Å². The van der Waals surface area contributed by atoms with E-state index in [9.17, 15) is 8.42 Å². The van der Waals surface area contributed by atoms with Crippen molar-refractivity contribution in [3.63, 3.8) is 0 Å². The van der Waals surface area contributed by atoms with Crippen LogP contribution in [0.15, 0.2) is 33.2 Å². The zero-order valence-electron chi connectivity index (χ0n) is 9.66. The highest BCUT2D eigenvalue weighted by Gasteiger charge is 2.22. The fourth-order valence-corrected chi connectivity index (χ4v) is 3.28. The average Bonchev–Trinajstić information content (AvgIpc) is 3.00. The lowest BCUT2D eigenvalue weighted by Gasteiger charge is -2.09. The van der Waals surface area contributed by atoms with Gasteiger partial charge in [-0.05, 0) is 19.1 Å². The first-order valence-corrected chi connectivity index (χ1v) is 7.59. The first kappa shape index (κ1) is 13.2. The molecule has 6 nitrogen and oxygen atoms in total. The van der Waals surface area contributed by atoms with Crippen molar-refractivity contribution in [1.82, 2.24) is 9.71 Å². The van der Waals surface area contributed by atoms with Gasteiger partial charge in [-0.1, -0.05) is 0 Å². The number of rotatable bonds is 5. The molecule has 0 saturated heterocycles. The number of hydrogen-bond donors (Lipinski definition) is 2. The van der Waals surface area contributed by atoms with Crippen molar-refractivity contribution in [2.45, 2.75) is 24.6 Å². The van der Waals surface area contributed by atoms with E-state index in [-0.39, 0.29) is 11.6 Å². The van der Waals surface area contributed by atoms with Gasteiger partial charge < -0.3 is 10.2 Å². The summed E-state index contributed by atoms with van der Waals surface area (Å²) in [6.45, 7) is 1.89. The van der Waals surface area contributed by atoms with E-state index >= 15 is 0 Å². The first-order valence-electron chi connectivity index (χ1n) is 5.23. The van der Waals surface area contributed by atoms with Gasteiger partial charge in [-0.15, -0.1) is 11.3 Å². The van der Waals surface area contributed by atoms with Gasteiger partial charge in [0.1, 0.15) is 10.8 Å². The second kappa shape index (κ2) is 5.19. The van der Waals surface area contributed by atoms with E-state index in [0.29, 0.717) is 10.8 Å². The Bertz CT molecular complexity index is 604. The third kappa shape index (κ3) is 2.78. The Kier molecular flexibility index (Phi) is 3.81. The summed E-state index contributed by atoms with van der Waals surface area (Å²) in [7, 11) is -3.68. The highest BCUT2D eigenvalue weighted by Crippen LogP contribution is 2.19. The molecule has 0 aliphatic heterocycles. The molecule has 2 aromatic rings. The predicted octanol–water partition coefficient (Wildman–Crippen LogP) is 1.23. The van der Waals surface area contributed by atoms with Crippen molar-refractivity contribution in [2.24, 2.45) is 5.73 Å². The zero-order valence-corrected chi connectivity index (χ0v) is 11.3. The number of sulfonamides is 1.